The number of aliphatic carboxylic acids is 1. The van der Waals surface area contributed by atoms with E-state index in [1.807, 2.05) is 6.92 Å². The number of ether oxygens (including phenoxy) is 1. The van der Waals surface area contributed by atoms with Crippen molar-refractivity contribution in [1.82, 2.24) is 0 Å². The first kappa shape index (κ1) is 20.7. The molecule has 3 aliphatic carbocycles. The molecule has 0 heterocycles. The zero-order valence-corrected chi connectivity index (χ0v) is 19.1. The molecule has 1 N–H and O–H groups in total. The smallest absolute Gasteiger partial charge is 0.328 e. The molecule has 0 radical (unpaired) electrons. The molecular formula is C26H36O3. The van der Waals surface area contributed by atoms with Crippen molar-refractivity contribution in [1.29, 1.82) is 0 Å². The predicted octanol–water partition coefficient (Wildman–Crippen LogP) is 5.81. The molecule has 0 saturated heterocycles. The number of rotatable bonds is 4. The maximum absolute atomic E-state index is 11.3. The normalized spacial score (nSPS) is 34.4. The van der Waals surface area contributed by atoms with Crippen LogP contribution in [0.4, 0.5) is 0 Å². The van der Waals surface area contributed by atoms with Crippen molar-refractivity contribution in [3.8, 4) is 0 Å². The Morgan fingerprint density at radius 2 is 1.62 bits per heavy atom. The molecule has 0 bridgehead atoms. The molecule has 2 saturated carbocycles. The Kier molecular flexibility index (Phi) is 4.41. The molecule has 29 heavy (non-hydrogen) atoms. The third-order valence-electron chi connectivity index (χ3n) is 8.69. The fraction of sp³-hybridized carbons (Fsp3) is 0.654. The molecule has 1 aromatic carbocycles. The van der Waals surface area contributed by atoms with Gasteiger partial charge in [-0.2, -0.15) is 0 Å². The summed E-state index contributed by atoms with van der Waals surface area (Å²) < 4.78 is 6.06. The minimum atomic E-state index is -0.883. The zero-order chi connectivity index (χ0) is 21.4. The molecule has 3 heteroatoms. The summed E-state index contributed by atoms with van der Waals surface area (Å²) in [6, 6.07) is 4.98. The molecule has 3 nitrogen and oxygen atoms in total. The number of hydrogen-bond acceptors (Lipinski definition) is 2. The van der Waals surface area contributed by atoms with E-state index in [1.54, 1.807) is 7.11 Å². The van der Waals surface area contributed by atoms with Crippen molar-refractivity contribution < 1.29 is 14.6 Å². The lowest BCUT2D eigenvalue weighted by Crippen LogP contribution is -2.35. The summed E-state index contributed by atoms with van der Waals surface area (Å²) in [6.45, 7) is 13.7. The second-order valence-corrected chi connectivity index (χ2v) is 11.2. The van der Waals surface area contributed by atoms with E-state index in [2.05, 4.69) is 46.8 Å². The fourth-order valence-electron chi connectivity index (χ4n) is 6.65. The molecule has 3 atom stereocenters. The quantitative estimate of drug-likeness (QED) is 0.653. The first-order valence-electron chi connectivity index (χ1n) is 11.0. The first-order valence-corrected chi connectivity index (χ1v) is 11.0. The highest BCUT2D eigenvalue weighted by Crippen LogP contribution is 2.71. The van der Waals surface area contributed by atoms with Gasteiger partial charge in [0.2, 0.25) is 0 Å². The maximum Gasteiger partial charge on any atom is 0.328 e. The van der Waals surface area contributed by atoms with Crippen LogP contribution in [-0.2, 0) is 25.8 Å². The van der Waals surface area contributed by atoms with Gasteiger partial charge >= 0.3 is 5.97 Å². The predicted molar refractivity (Wildman–Crippen MR) is 117 cm³/mol. The highest BCUT2D eigenvalue weighted by molar-refractivity contribution is 5.81. The standard InChI is InChI=1S/C26H36O3/c1-16-12-19-20(24(5,6)9-8-23(19,3)4)14-18(16)25-10-11-26(29-7,21(25)15-25)17(2)13-22(27)28/h12-14,21H,8-11,15H2,1-7H3,(H,27,28)/b17-13-. The lowest BCUT2D eigenvalue weighted by Gasteiger charge is -2.43. The Balaban J connectivity index is 1.80. The summed E-state index contributed by atoms with van der Waals surface area (Å²) >= 11 is 0. The number of carbonyl (C=O) groups is 1. The Bertz CT molecular complexity index is 907. The minimum Gasteiger partial charge on any atom is -0.478 e. The van der Waals surface area contributed by atoms with Crippen LogP contribution in [0.1, 0.15) is 89.0 Å². The van der Waals surface area contributed by atoms with E-state index in [0.717, 1.165) is 24.8 Å². The molecule has 4 rings (SSSR count). The van der Waals surface area contributed by atoms with E-state index >= 15 is 0 Å². The third kappa shape index (κ3) is 2.84. The van der Waals surface area contributed by atoms with Gasteiger partial charge in [0.25, 0.3) is 0 Å². The second-order valence-electron chi connectivity index (χ2n) is 11.2. The number of aryl methyl sites for hydroxylation is 1. The average Bonchev–Trinajstić information content (AvgIpc) is 3.27. The first-order chi connectivity index (χ1) is 13.4. The van der Waals surface area contributed by atoms with Gasteiger partial charge < -0.3 is 9.84 Å². The van der Waals surface area contributed by atoms with E-state index in [0.29, 0.717) is 5.92 Å². The van der Waals surface area contributed by atoms with Gasteiger partial charge in [0.15, 0.2) is 0 Å². The Labute approximate surface area is 175 Å². The van der Waals surface area contributed by atoms with Crippen LogP contribution in [0.15, 0.2) is 23.8 Å². The largest absolute Gasteiger partial charge is 0.478 e. The van der Waals surface area contributed by atoms with Crippen molar-refractivity contribution >= 4 is 5.97 Å². The molecule has 0 spiro atoms. The number of methoxy groups -OCH3 is 1. The summed E-state index contributed by atoms with van der Waals surface area (Å²) in [5, 5.41) is 9.29. The van der Waals surface area contributed by atoms with Gasteiger partial charge in [-0.15, -0.1) is 0 Å². The molecule has 0 aliphatic heterocycles. The van der Waals surface area contributed by atoms with Gasteiger partial charge in [-0.3, -0.25) is 0 Å². The number of hydrogen-bond donors (Lipinski definition) is 1. The van der Waals surface area contributed by atoms with Crippen molar-refractivity contribution in [3.05, 3.63) is 46.0 Å². The van der Waals surface area contributed by atoms with Crippen LogP contribution >= 0.6 is 0 Å². The number of benzene rings is 1. The van der Waals surface area contributed by atoms with Crippen molar-refractivity contribution in [2.45, 2.75) is 95.5 Å². The Hall–Kier alpha value is -1.61. The fourth-order valence-corrected chi connectivity index (χ4v) is 6.65. The van der Waals surface area contributed by atoms with Crippen LogP contribution in [0.5, 0.6) is 0 Å². The van der Waals surface area contributed by atoms with Gasteiger partial charge in [0.1, 0.15) is 0 Å². The molecule has 0 aromatic heterocycles. The Morgan fingerprint density at radius 3 is 2.14 bits per heavy atom. The number of fused-ring (bicyclic) bond motifs is 2. The lowest BCUT2D eigenvalue weighted by atomic mass is 9.62. The SMILES string of the molecule is COC1(/C(C)=C\C(=O)O)CCC2(c3cc4c(cc3C)C(C)(C)CCC4(C)C)CC12. The molecule has 158 valence electrons. The van der Waals surface area contributed by atoms with Gasteiger partial charge in [-0.25, -0.2) is 4.79 Å². The Morgan fingerprint density at radius 1 is 1.03 bits per heavy atom. The van der Waals surface area contributed by atoms with Crippen LogP contribution in [0.2, 0.25) is 0 Å². The van der Waals surface area contributed by atoms with E-state index in [-0.39, 0.29) is 16.2 Å². The lowest BCUT2D eigenvalue weighted by molar-refractivity contribution is -0.131. The van der Waals surface area contributed by atoms with Crippen molar-refractivity contribution in [3.63, 3.8) is 0 Å². The van der Waals surface area contributed by atoms with E-state index in [9.17, 15) is 9.90 Å². The van der Waals surface area contributed by atoms with Gasteiger partial charge in [-0.05, 0) is 84.6 Å². The van der Waals surface area contributed by atoms with E-state index in [4.69, 9.17) is 4.74 Å². The van der Waals surface area contributed by atoms with Gasteiger partial charge in [-0.1, -0.05) is 39.8 Å². The topological polar surface area (TPSA) is 46.5 Å². The van der Waals surface area contributed by atoms with Gasteiger partial charge in [0.05, 0.1) is 5.60 Å². The monoisotopic (exact) mass is 396 g/mol. The van der Waals surface area contributed by atoms with Crippen molar-refractivity contribution in [2.75, 3.05) is 7.11 Å². The molecule has 1 aromatic rings. The molecule has 3 unspecified atom stereocenters. The van der Waals surface area contributed by atoms with Crippen LogP contribution in [-0.4, -0.2) is 23.8 Å². The van der Waals surface area contributed by atoms with Crippen LogP contribution < -0.4 is 0 Å². The van der Waals surface area contributed by atoms with Crippen LogP contribution in [0, 0.1) is 12.8 Å². The van der Waals surface area contributed by atoms with E-state index < -0.39 is 11.6 Å². The number of carboxylic acids is 1. The second kappa shape index (κ2) is 6.20. The van der Waals surface area contributed by atoms with Crippen LogP contribution in [0.3, 0.4) is 0 Å². The molecule has 2 fully saturated rings. The maximum atomic E-state index is 11.3. The molecular weight excluding hydrogens is 360 g/mol. The average molecular weight is 397 g/mol. The summed E-state index contributed by atoms with van der Waals surface area (Å²) in [5.41, 5.74) is 6.89. The van der Waals surface area contributed by atoms with Crippen LogP contribution in [0.25, 0.3) is 0 Å². The summed E-state index contributed by atoms with van der Waals surface area (Å²) in [5.74, 6) is -0.516. The highest BCUT2D eigenvalue weighted by Gasteiger charge is 2.70. The summed E-state index contributed by atoms with van der Waals surface area (Å²) in [7, 11) is 1.75. The van der Waals surface area contributed by atoms with Crippen molar-refractivity contribution in [2.24, 2.45) is 5.92 Å². The number of carboxylic acid groups (broad SMARTS) is 1. The highest BCUT2D eigenvalue weighted by atomic mass is 16.5. The zero-order valence-electron chi connectivity index (χ0n) is 19.1. The summed E-state index contributed by atoms with van der Waals surface area (Å²) in [6.07, 6.45) is 6.85. The van der Waals surface area contributed by atoms with Gasteiger partial charge in [0, 0.05) is 24.5 Å². The third-order valence-corrected chi connectivity index (χ3v) is 8.69. The summed E-state index contributed by atoms with van der Waals surface area (Å²) in [4.78, 5) is 11.3. The minimum absolute atomic E-state index is 0.139. The van der Waals surface area contributed by atoms with E-state index in [1.165, 1.54) is 41.2 Å². The molecule has 0 amide bonds. The molecule has 3 aliphatic rings.